The monoisotopic (exact) mass is 270 g/mol. The van der Waals surface area contributed by atoms with E-state index < -0.39 is 17.7 Å². The van der Waals surface area contributed by atoms with E-state index >= 15 is 0 Å². The molecule has 1 aromatic carbocycles. The van der Waals surface area contributed by atoms with Crippen LogP contribution in [0.1, 0.15) is 42.9 Å². The summed E-state index contributed by atoms with van der Waals surface area (Å²) >= 11 is 0. The summed E-state index contributed by atoms with van der Waals surface area (Å²) in [4.78, 5) is 0. The topological polar surface area (TPSA) is 47.3 Å². The van der Waals surface area contributed by atoms with Crippen LogP contribution in [0.5, 0.6) is 0 Å². The van der Waals surface area contributed by atoms with Crippen molar-refractivity contribution in [3.05, 3.63) is 34.9 Å². The lowest BCUT2D eigenvalue weighted by Crippen LogP contribution is -2.44. The standard InChI is InChI=1S/C14H20F2N2O/c1-9-4-5-10(13(16)12(9)15)11(18-17)8-14(19-2)6-3-7-14/h4-5,11,18H,3,6-8,17H2,1-2H3. The van der Waals surface area contributed by atoms with Crippen LogP contribution in [0.15, 0.2) is 12.1 Å². The smallest absolute Gasteiger partial charge is 0.163 e. The Hall–Kier alpha value is -1.04. The summed E-state index contributed by atoms with van der Waals surface area (Å²) in [6.07, 6.45) is 3.49. The van der Waals surface area contributed by atoms with Crippen LogP contribution >= 0.6 is 0 Å². The van der Waals surface area contributed by atoms with E-state index in [2.05, 4.69) is 5.43 Å². The van der Waals surface area contributed by atoms with Crippen LogP contribution in [-0.4, -0.2) is 12.7 Å². The minimum Gasteiger partial charge on any atom is -0.378 e. The van der Waals surface area contributed by atoms with Gasteiger partial charge in [0, 0.05) is 12.7 Å². The first-order chi connectivity index (χ1) is 9.03. The van der Waals surface area contributed by atoms with E-state index in [1.54, 1.807) is 19.2 Å². The molecule has 1 saturated carbocycles. The molecule has 0 heterocycles. The maximum Gasteiger partial charge on any atom is 0.163 e. The van der Waals surface area contributed by atoms with Crippen molar-refractivity contribution in [3.63, 3.8) is 0 Å². The van der Waals surface area contributed by atoms with Crippen LogP contribution in [-0.2, 0) is 4.74 Å². The number of nitrogens with one attached hydrogen (secondary N) is 1. The Labute approximate surface area is 112 Å². The SMILES string of the molecule is COC1(CC(NN)c2ccc(C)c(F)c2F)CCC1. The molecule has 1 fully saturated rings. The highest BCUT2D eigenvalue weighted by molar-refractivity contribution is 5.28. The van der Waals surface area contributed by atoms with E-state index in [1.807, 2.05) is 0 Å². The highest BCUT2D eigenvalue weighted by atomic mass is 19.2. The van der Waals surface area contributed by atoms with E-state index in [0.717, 1.165) is 19.3 Å². The maximum atomic E-state index is 14.0. The molecule has 0 amide bonds. The zero-order chi connectivity index (χ0) is 14.0. The highest BCUT2D eigenvalue weighted by Crippen LogP contribution is 2.42. The Morgan fingerprint density at radius 1 is 1.37 bits per heavy atom. The van der Waals surface area contributed by atoms with Crippen molar-refractivity contribution in [1.29, 1.82) is 0 Å². The highest BCUT2D eigenvalue weighted by Gasteiger charge is 2.39. The maximum absolute atomic E-state index is 14.0. The second-order valence-corrected chi connectivity index (χ2v) is 5.26. The fourth-order valence-electron chi connectivity index (χ4n) is 2.62. The van der Waals surface area contributed by atoms with Gasteiger partial charge in [-0.1, -0.05) is 12.1 Å². The van der Waals surface area contributed by atoms with Gasteiger partial charge in [0.05, 0.1) is 11.6 Å². The van der Waals surface area contributed by atoms with Crippen LogP contribution in [0.25, 0.3) is 0 Å². The number of halogens is 2. The van der Waals surface area contributed by atoms with Crippen LogP contribution in [0.3, 0.4) is 0 Å². The van der Waals surface area contributed by atoms with Gasteiger partial charge in [0.25, 0.3) is 0 Å². The summed E-state index contributed by atoms with van der Waals surface area (Å²) in [5, 5.41) is 0. The Balaban J connectivity index is 2.25. The largest absolute Gasteiger partial charge is 0.378 e. The van der Waals surface area contributed by atoms with Crippen LogP contribution < -0.4 is 11.3 Å². The quantitative estimate of drug-likeness (QED) is 0.639. The van der Waals surface area contributed by atoms with Gasteiger partial charge >= 0.3 is 0 Å². The summed E-state index contributed by atoms with van der Waals surface area (Å²) in [5.41, 5.74) is 2.87. The molecule has 3 nitrogen and oxygen atoms in total. The number of hydrogen-bond donors (Lipinski definition) is 2. The molecule has 1 aromatic rings. The predicted octanol–water partition coefficient (Wildman–Crippen LogP) is 2.74. The summed E-state index contributed by atoms with van der Waals surface area (Å²) in [6, 6.07) is 2.70. The average molecular weight is 270 g/mol. The molecule has 1 aliphatic carbocycles. The first kappa shape index (κ1) is 14.4. The van der Waals surface area contributed by atoms with E-state index in [0.29, 0.717) is 12.0 Å². The number of ether oxygens (including phenoxy) is 1. The third-order valence-corrected chi connectivity index (χ3v) is 4.16. The number of methoxy groups -OCH3 is 1. The van der Waals surface area contributed by atoms with Crippen LogP contribution in [0.2, 0.25) is 0 Å². The molecular formula is C14H20F2N2O. The Morgan fingerprint density at radius 3 is 2.53 bits per heavy atom. The van der Waals surface area contributed by atoms with Gasteiger partial charge < -0.3 is 4.74 Å². The molecule has 1 aliphatic rings. The number of hydrazine groups is 1. The Bertz CT molecular complexity index is 455. The fourth-order valence-corrected chi connectivity index (χ4v) is 2.62. The molecule has 1 unspecified atom stereocenters. The first-order valence-electron chi connectivity index (χ1n) is 6.49. The summed E-state index contributed by atoms with van der Waals surface area (Å²) in [5.74, 6) is 3.87. The number of hydrogen-bond acceptors (Lipinski definition) is 3. The van der Waals surface area contributed by atoms with Crippen molar-refractivity contribution >= 4 is 0 Å². The van der Waals surface area contributed by atoms with Gasteiger partial charge in [-0.25, -0.2) is 8.78 Å². The fraction of sp³-hybridized carbons (Fsp3) is 0.571. The lowest BCUT2D eigenvalue weighted by atomic mass is 9.74. The molecule has 0 spiro atoms. The van der Waals surface area contributed by atoms with E-state index in [4.69, 9.17) is 10.6 Å². The van der Waals surface area contributed by atoms with Crippen molar-refractivity contribution in [3.8, 4) is 0 Å². The molecular weight excluding hydrogens is 250 g/mol. The van der Waals surface area contributed by atoms with Gasteiger partial charge in [0.15, 0.2) is 11.6 Å². The van der Waals surface area contributed by atoms with Crippen molar-refractivity contribution in [2.24, 2.45) is 5.84 Å². The molecule has 0 aromatic heterocycles. The van der Waals surface area contributed by atoms with Crippen molar-refractivity contribution in [2.75, 3.05) is 7.11 Å². The van der Waals surface area contributed by atoms with E-state index in [9.17, 15) is 8.78 Å². The molecule has 1 atom stereocenters. The van der Waals surface area contributed by atoms with Crippen molar-refractivity contribution in [1.82, 2.24) is 5.43 Å². The van der Waals surface area contributed by atoms with Crippen LogP contribution in [0, 0.1) is 18.6 Å². The molecule has 0 aliphatic heterocycles. The van der Waals surface area contributed by atoms with Gasteiger partial charge in [-0.2, -0.15) is 0 Å². The average Bonchev–Trinajstić information content (AvgIpc) is 2.37. The van der Waals surface area contributed by atoms with E-state index in [1.165, 1.54) is 6.92 Å². The summed E-state index contributed by atoms with van der Waals surface area (Å²) in [7, 11) is 1.65. The van der Waals surface area contributed by atoms with Gasteiger partial charge in [-0.3, -0.25) is 11.3 Å². The molecule has 5 heteroatoms. The minimum atomic E-state index is -0.825. The van der Waals surface area contributed by atoms with Gasteiger partial charge in [-0.05, 0) is 38.2 Å². The van der Waals surface area contributed by atoms with Gasteiger partial charge in [0.2, 0.25) is 0 Å². The third-order valence-electron chi connectivity index (χ3n) is 4.16. The van der Waals surface area contributed by atoms with E-state index in [-0.39, 0.29) is 11.2 Å². The molecule has 0 saturated heterocycles. The molecule has 3 N–H and O–H groups in total. The second-order valence-electron chi connectivity index (χ2n) is 5.26. The molecule has 106 valence electrons. The lowest BCUT2D eigenvalue weighted by Gasteiger charge is -2.42. The molecule has 0 radical (unpaired) electrons. The molecule has 0 bridgehead atoms. The Kier molecular flexibility index (Phi) is 4.18. The number of aryl methyl sites for hydroxylation is 1. The molecule has 2 rings (SSSR count). The third kappa shape index (κ3) is 2.63. The van der Waals surface area contributed by atoms with Crippen LogP contribution in [0.4, 0.5) is 8.78 Å². The summed E-state index contributed by atoms with van der Waals surface area (Å²) in [6.45, 7) is 1.54. The number of nitrogens with two attached hydrogens (primary N) is 1. The van der Waals surface area contributed by atoms with Gasteiger partial charge in [0.1, 0.15) is 0 Å². The van der Waals surface area contributed by atoms with Gasteiger partial charge in [-0.15, -0.1) is 0 Å². The lowest BCUT2D eigenvalue weighted by molar-refractivity contribution is -0.0840. The Morgan fingerprint density at radius 2 is 2.05 bits per heavy atom. The van der Waals surface area contributed by atoms with Crippen molar-refractivity contribution < 1.29 is 13.5 Å². The summed E-state index contributed by atoms with van der Waals surface area (Å²) < 4.78 is 33.1. The zero-order valence-corrected chi connectivity index (χ0v) is 11.3. The molecule has 19 heavy (non-hydrogen) atoms. The first-order valence-corrected chi connectivity index (χ1v) is 6.49. The van der Waals surface area contributed by atoms with Crippen molar-refractivity contribution in [2.45, 2.75) is 44.2 Å². The number of rotatable bonds is 5. The number of benzene rings is 1. The normalized spacial score (nSPS) is 19.0. The zero-order valence-electron chi connectivity index (χ0n) is 11.3. The second kappa shape index (κ2) is 5.53. The minimum absolute atomic E-state index is 0.258. The predicted molar refractivity (Wildman–Crippen MR) is 69.4 cm³/mol.